The van der Waals surface area contributed by atoms with E-state index < -0.39 is 6.10 Å². The summed E-state index contributed by atoms with van der Waals surface area (Å²) in [4.78, 5) is 2.25. The molecule has 0 saturated heterocycles. The highest BCUT2D eigenvalue weighted by molar-refractivity contribution is 5.65. The van der Waals surface area contributed by atoms with Crippen molar-refractivity contribution in [1.29, 1.82) is 0 Å². The summed E-state index contributed by atoms with van der Waals surface area (Å²) >= 11 is 0. The van der Waals surface area contributed by atoms with E-state index in [1.807, 2.05) is 44.3 Å². The zero-order chi connectivity index (χ0) is 22.4. The summed E-state index contributed by atoms with van der Waals surface area (Å²) < 4.78 is 21.3. The molecule has 2 aromatic carbocycles. The van der Waals surface area contributed by atoms with Crippen LogP contribution in [-0.2, 0) is 13.6 Å². The van der Waals surface area contributed by atoms with E-state index in [1.54, 1.807) is 16.8 Å². The highest BCUT2D eigenvalue weighted by atomic mass is 19.1. The van der Waals surface area contributed by atoms with Crippen molar-refractivity contribution in [2.75, 3.05) is 13.1 Å². The van der Waals surface area contributed by atoms with E-state index in [9.17, 15) is 9.50 Å². The van der Waals surface area contributed by atoms with Crippen molar-refractivity contribution >= 4 is 0 Å². The molecule has 5 nitrogen and oxygen atoms in total. The van der Waals surface area contributed by atoms with Crippen molar-refractivity contribution in [1.82, 2.24) is 14.7 Å². The molecular weight excluding hydrogens is 393 g/mol. The number of hydrogen-bond donors (Lipinski definition) is 1. The molecule has 0 aliphatic rings. The van der Waals surface area contributed by atoms with Gasteiger partial charge in [-0.25, -0.2) is 9.07 Å². The van der Waals surface area contributed by atoms with Crippen LogP contribution < -0.4 is 4.74 Å². The number of ether oxygens (including phenoxy) is 1. The van der Waals surface area contributed by atoms with Crippen molar-refractivity contribution < 1.29 is 14.2 Å². The van der Waals surface area contributed by atoms with Crippen LogP contribution in [0.3, 0.4) is 0 Å². The van der Waals surface area contributed by atoms with Crippen LogP contribution in [0.2, 0.25) is 0 Å². The Morgan fingerprint density at radius 3 is 2.35 bits per heavy atom. The lowest BCUT2D eigenvalue weighted by Crippen LogP contribution is -2.34. The molecule has 0 unspecified atom stereocenters. The van der Waals surface area contributed by atoms with Crippen molar-refractivity contribution in [3.8, 4) is 22.9 Å². The fourth-order valence-corrected chi connectivity index (χ4v) is 3.64. The summed E-state index contributed by atoms with van der Waals surface area (Å²) in [7, 11) is 1.85. The Bertz CT molecular complexity index is 955. The van der Waals surface area contributed by atoms with Gasteiger partial charge >= 0.3 is 0 Å². The molecular formula is C25H32FN3O2. The molecule has 3 rings (SSSR count). The van der Waals surface area contributed by atoms with Crippen LogP contribution in [-0.4, -0.2) is 39.0 Å². The summed E-state index contributed by atoms with van der Waals surface area (Å²) in [6, 6.07) is 16.0. The highest BCUT2D eigenvalue weighted by Crippen LogP contribution is 2.34. The van der Waals surface area contributed by atoms with Crippen LogP contribution >= 0.6 is 0 Å². The molecule has 0 fully saturated rings. The predicted octanol–water partition coefficient (Wildman–Crippen LogP) is 5.25. The maximum Gasteiger partial charge on any atom is 0.222 e. The Kier molecular flexibility index (Phi) is 7.82. The maximum atomic E-state index is 13.4. The largest absolute Gasteiger partial charge is 0.439 e. The van der Waals surface area contributed by atoms with Gasteiger partial charge in [0.05, 0.1) is 11.7 Å². The number of hydrogen-bond acceptors (Lipinski definition) is 4. The molecule has 1 heterocycles. The molecule has 166 valence electrons. The van der Waals surface area contributed by atoms with Crippen LogP contribution in [0.5, 0.6) is 11.6 Å². The van der Waals surface area contributed by atoms with E-state index >= 15 is 0 Å². The smallest absolute Gasteiger partial charge is 0.222 e. The van der Waals surface area contributed by atoms with Gasteiger partial charge in [-0.05, 0) is 36.6 Å². The molecule has 0 saturated carbocycles. The average molecular weight is 426 g/mol. The maximum absolute atomic E-state index is 13.4. The molecule has 0 spiro atoms. The standard InChI is InChI=1S/C25H32FN3O2/c1-5-21(30)16-29(15-18(2)3)17-23-24(19-9-7-6-8-10-19)27-28(4)25(23)31-22-13-11-20(26)12-14-22/h6-14,18,21,30H,5,15-17H2,1-4H3/t21-/m0/s1. The summed E-state index contributed by atoms with van der Waals surface area (Å²) in [6.07, 6.45) is 0.309. The fourth-order valence-electron chi connectivity index (χ4n) is 3.64. The SMILES string of the molecule is CC[C@H](O)CN(Cc1c(-c2ccccc2)nn(C)c1Oc1ccc(F)cc1)CC(C)C. The topological polar surface area (TPSA) is 50.5 Å². The van der Waals surface area contributed by atoms with Gasteiger partial charge in [-0.3, -0.25) is 4.90 Å². The Morgan fingerprint density at radius 1 is 1.06 bits per heavy atom. The van der Waals surface area contributed by atoms with E-state index in [-0.39, 0.29) is 5.82 Å². The summed E-state index contributed by atoms with van der Waals surface area (Å²) in [6.45, 7) is 8.33. The molecule has 0 amide bonds. The molecule has 1 N–H and O–H groups in total. The van der Waals surface area contributed by atoms with Gasteiger partial charge in [0.15, 0.2) is 0 Å². The quantitative estimate of drug-likeness (QED) is 0.482. The van der Waals surface area contributed by atoms with Gasteiger partial charge < -0.3 is 9.84 Å². The lowest BCUT2D eigenvalue weighted by Gasteiger charge is -2.26. The van der Waals surface area contributed by atoms with Crippen LogP contribution in [0.1, 0.15) is 32.8 Å². The number of benzene rings is 2. The van der Waals surface area contributed by atoms with E-state index in [4.69, 9.17) is 9.84 Å². The van der Waals surface area contributed by atoms with Crippen LogP contribution in [0, 0.1) is 11.7 Å². The van der Waals surface area contributed by atoms with E-state index in [0.29, 0.717) is 37.1 Å². The first-order chi connectivity index (χ1) is 14.9. The Morgan fingerprint density at radius 2 is 1.74 bits per heavy atom. The molecule has 0 aliphatic carbocycles. The highest BCUT2D eigenvalue weighted by Gasteiger charge is 2.23. The summed E-state index contributed by atoms with van der Waals surface area (Å²) in [5.41, 5.74) is 2.80. The minimum Gasteiger partial charge on any atom is -0.439 e. The van der Waals surface area contributed by atoms with Crippen LogP contribution in [0.4, 0.5) is 4.39 Å². The molecule has 6 heteroatoms. The van der Waals surface area contributed by atoms with E-state index in [2.05, 4.69) is 18.7 Å². The van der Waals surface area contributed by atoms with E-state index in [1.165, 1.54) is 12.1 Å². The Balaban J connectivity index is 2.02. The third kappa shape index (κ3) is 6.15. The number of aryl methyl sites for hydroxylation is 1. The molecule has 0 radical (unpaired) electrons. The molecule has 0 aliphatic heterocycles. The monoisotopic (exact) mass is 425 g/mol. The first-order valence-electron chi connectivity index (χ1n) is 10.8. The molecule has 3 aromatic rings. The van der Waals surface area contributed by atoms with Gasteiger partial charge in [0.25, 0.3) is 0 Å². The van der Waals surface area contributed by atoms with E-state index in [0.717, 1.165) is 23.4 Å². The number of aromatic nitrogens is 2. The first kappa shape index (κ1) is 23.0. The second-order valence-corrected chi connectivity index (χ2v) is 8.33. The van der Waals surface area contributed by atoms with Crippen LogP contribution in [0.15, 0.2) is 54.6 Å². The van der Waals surface area contributed by atoms with Gasteiger partial charge in [-0.15, -0.1) is 0 Å². The summed E-state index contributed by atoms with van der Waals surface area (Å²) in [5.74, 6) is 1.31. The van der Waals surface area contributed by atoms with Gasteiger partial charge in [0.1, 0.15) is 17.3 Å². The minimum atomic E-state index is -0.392. The minimum absolute atomic E-state index is 0.306. The van der Waals surface area contributed by atoms with Crippen LogP contribution in [0.25, 0.3) is 11.3 Å². The summed E-state index contributed by atoms with van der Waals surface area (Å²) in [5, 5.41) is 15.1. The van der Waals surface area contributed by atoms with Gasteiger partial charge in [-0.1, -0.05) is 51.1 Å². The zero-order valence-corrected chi connectivity index (χ0v) is 18.8. The lowest BCUT2D eigenvalue weighted by atomic mass is 10.1. The number of nitrogens with zero attached hydrogens (tertiary/aromatic N) is 3. The third-order valence-electron chi connectivity index (χ3n) is 5.11. The Labute approximate surface area is 184 Å². The Hall–Kier alpha value is -2.70. The zero-order valence-electron chi connectivity index (χ0n) is 18.8. The first-order valence-corrected chi connectivity index (χ1v) is 10.8. The lowest BCUT2D eigenvalue weighted by molar-refractivity contribution is 0.0982. The molecule has 31 heavy (non-hydrogen) atoms. The van der Waals surface area contributed by atoms with Crippen molar-refractivity contribution in [3.63, 3.8) is 0 Å². The second kappa shape index (κ2) is 10.6. The number of aliphatic hydroxyl groups is 1. The molecule has 0 bridgehead atoms. The van der Waals surface area contributed by atoms with Crippen molar-refractivity contribution in [3.05, 3.63) is 66.0 Å². The van der Waals surface area contributed by atoms with Gasteiger partial charge in [0.2, 0.25) is 5.88 Å². The van der Waals surface area contributed by atoms with Gasteiger partial charge in [0, 0.05) is 32.2 Å². The van der Waals surface area contributed by atoms with Crippen molar-refractivity contribution in [2.24, 2.45) is 13.0 Å². The molecule has 1 aromatic heterocycles. The number of halogens is 1. The second-order valence-electron chi connectivity index (χ2n) is 8.33. The van der Waals surface area contributed by atoms with Crippen molar-refractivity contribution in [2.45, 2.75) is 39.8 Å². The third-order valence-corrected chi connectivity index (χ3v) is 5.11. The number of aliphatic hydroxyl groups excluding tert-OH is 1. The fraction of sp³-hybridized carbons (Fsp3) is 0.400. The normalized spacial score (nSPS) is 12.5. The average Bonchev–Trinajstić information content (AvgIpc) is 3.05. The molecule has 1 atom stereocenters. The number of rotatable bonds is 10. The van der Waals surface area contributed by atoms with Gasteiger partial charge in [-0.2, -0.15) is 5.10 Å². The predicted molar refractivity (Wildman–Crippen MR) is 122 cm³/mol.